The maximum atomic E-state index is 6.25. The van der Waals surface area contributed by atoms with Crippen LogP contribution in [0.2, 0.25) is 5.15 Å². The van der Waals surface area contributed by atoms with Crippen molar-refractivity contribution >= 4 is 28.7 Å². The van der Waals surface area contributed by atoms with Gasteiger partial charge in [-0.3, -0.25) is 4.68 Å². The summed E-state index contributed by atoms with van der Waals surface area (Å²) in [5, 5.41) is 9.34. The summed E-state index contributed by atoms with van der Waals surface area (Å²) in [5.41, 5.74) is 2.72. The summed E-state index contributed by atoms with van der Waals surface area (Å²) in [7, 11) is 1.88. The number of pyridine rings is 1. The van der Waals surface area contributed by atoms with E-state index in [-0.39, 0.29) is 0 Å². The summed E-state index contributed by atoms with van der Waals surface area (Å²) >= 11 is 6.25. The van der Waals surface area contributed by atoms with Crippen molar-refractivity contribution in [3.8, 4) is 0 Å². The quantitative estimate of drug-likeness (QED) is 0.860. The summed E-state index contributed by atoms with van der Waals surface area (Å²) in [6.45, 7) is 7.28. The summed E-state index contributed by atoms with van der Waals surface area (Å²) in [5.74, 6) is 0. The Morgan fingerprint density at radius 2 is 2.25 bits per heavy atom. The van der Waals surface area contributed by atoms with Crippen LogP contribution in [0.4, 0.5) is 0 Å². The molecule has 108 valence electrons. The molecule has 4 nitrogen and oxygen atoms in total. The molecule has 2 rings (SSSR count). The van der Waals surface area contributed by atoms with Crippen LogP contribution in [0.15, 0.2) is 12.1 Å². The van der Waals surface area contributed by atoms with Gasteiger partial charge in [-0.25, -0.2) is 4.98 Å². The molecule has 0 aromatic carbocycles. The molecule has 0 aliphatic carbocycles. The van der Waals surface area contributed by atoms with Crippen LogP contribution in [0.1, 0.15) is 31.5 Å². The number of aryl methyl sites for hydroxylation is 2. The third-order valence-corrected chi connectivity index (χ3v) is 3.56. The first-order valence-corrected chi connectivity index (χ1v) is 7.32. The number of halogens is 1. The maximum Gasteiger partial charge on any atom is 0.159 e. The Hall–Kier alpha value is -1.39. The summed E-state index contributed by atoms with van der Waals surface area (Å²) in [4.78, 5) is 4.43. The van der Waals surface area contributed by atoms with E-state index in [9.17, 15) is 0 Å². The fraction of sp³-hybridized carbons (Fsp3) is 0.467. The highest BCUT2D eigenvalue weighted by Gasteiger charge is 2.09. The smallest absolute Gasteiger partial charge is 0.159 e. The van der Waals surface area contributed by atoms with Gasteiger partial charge < -0.3 is 5.32 Å². The van der Waals surface area contributed by atoms with E-state index in [2.05, 4.69) is 41.4 Å². The second-order valence-corrected chi connectivity index (χ2v) is 5.41. The number of nitrogens with zero attached hydrogens (tertiary/aromatic N) is 3. The third-order valence-electron chi connectivity index (χ3n) is 3.26. The van der Waals surface area contributed by atoms with Crippen molar-refractivity contribution < 1.29 is 0 Å². The third kappa shape index (κ3) is 3.19. The SMILES string of the molecule is CCCNC(C)/C=C/c1cc2c(C)nn(C)c2nc1Cl. The lowest BCUT2D eigenvalue weighted by molar-refractivity contribution is 0.625. The molecule has 0 radical (unpaired) electrons. The number of nitrogens with one attached hydrogen (secondary N) is 1. The Morgan fingerprint density at radius 1 is 1.50 bits per heavy atom. The van der Waals surface area contributed by atoms with Gasteiger partial charge in [-0.15, -0.1) is 0 Å². The van der Waals surface area contributed by atoms with Gasteiger partial charge >= 0.3 is 0 Å². The molecule has 2 aromatic rings. The molecule has 0 saturated carbocycles. The van der Waals surface area contributed by atoms with E-state index in [1.54, 1.807) is 4.68 Å². The van der Waals surface area contributed by atoms with Crippen LogP contribution in [0.5, 0.6) is 0 Å². The second kappa shape index (κ2) is 6.37. The van der Waals surface area contributed by atoms with E-state index in [0.717, 1.165) is 35.3 Å². The van der Waals surface area contributed by atoms with Crippen LogP contribution >= 0.6 is 11.6 Å². The second-order valence-electron chi connectivity index (χ2n) is 5.05. The Labute approximate surface area is 124 Å². The van der Waals surface area contributed by atoms with E-state index in [0.29, 0.717) is 11.2 Å². The molecule has 2 aromatic heterocycles. The number of hydrogen-bond donors (Lipinski definition) is 1. The van der Waals surface area contributed by atoms with Gasteiger partial charge in [-0.2, -0.15) is 5.10 Å². The zero-order valence-electron chi connectivity index (χ0n) is 12.4. The molecule has 0 aliphatic rings. The van der Waals surface area contributed by atoms with Crippen molar-refractivity contribution in [1.29, 1.82) is 0 Å². The molecule has 5 heteroatoms. The van der Waals surface area contributed by atoms with Gasteiger partial charge in [0.05, 0.1) is 5.69 Å². The normalized spacial score (nSPS) is 13.4. The standard InChI is InChI=1S/C15H21ClN4/c1-5-8-17-10(2)6-7-12-9-13-11(3)19-20(4)15(13)18-14(12)16/h6-7,9-10,17H,5,8H2,1-4H3/b7-6+. The lowest BCUT2D eigenvalue weighted by atomic mass is 10.1. The van der Waals surface area contributed by atoms with Gasteiger partial charge in [0.25, 0.3) is 0 Å². The van der Waals surface area contributed by atoms with Crippen molar-refractivity contribution in [2.75, 3.05) is 6.54 Å². The first-order chi connectivity index (χ1) is 9.52. The molecule has 2 heterocycles. The molecule has 1 N–H and O–H groups in total. The molecule has 0 bridgehead atoms. The Morgan fingerprint density at radius 3 is 2.95 bits per heavy atom. The van der Waals surface area contributed by atoms with E-state index in [1.165, 1.54) is 0 Å². The average molecular weight is 293 g/mol. The van der Waals surface area contributed by atoms with Crippen LogP contribution in [-0.2, 0) is 7.05 Å². The van der Waals surface area contributed by atoms with Crippen molar-refractivity contribution in [3.05, 3.63) is 28.6 Å². The first kappa shape index (κ1) is 15.0. The highest BCUT2D eigenvalue weighted by molar-refractivity contribution is 6.31. The van der Waals surface area contributed by atoms with Crippen LogP contribution in [0.3, 0.4) is 0 Å². The van der Waals surface area contributed by atoms with Gasteiger partial charge in [0, 0.05) is 24.0 Å². The molecule has 0 saturated heterocycles. The van der Waals surface area contributed by atoms with E-state index in [4.69, 9.17) is 11.6 Å². The zero-order chi connectivity index (χ0) is 14.7. The first-order valence-electron chi connectivity index (χ1n) is 6.94. The van der Waals surface area contributed by atoms with Gasteiger partial charge in [0.2, 0.25) is 0 Å². The predicted molar refractivity (Wildman–Crippen MR) is 85.0 cm³/mol. The number of hydrogen-bond acceptors (Lipinski definition) is 3. The van der Waals surface area contributed by atoms with Crippen molar-refractivity contribution in [2.45, 2.75) is 33.2 Å². The van der Waals surface area contributed by atoms with Crippen molar-refractivity contribution in [1.82, 2.24) is 20.1 Å². The van der Waals surface area contributed by atoms with Crippen LogP contribution < -0.4 is 5.32 Å². The van der Waals surface area contributed by atoms with E-state index in [1.807, 2.05) is 20.0 Å². The average Bonchev–Trinajstić information content (AvgIpc) is 2.68. The minimum absolute atomic E-state index is 0.316. The molecule has 0 aliphatic heterocycles. The highest BCUT2D eigenvalue weighted by atomic mass is 35.5. The largest absolute Gasteiger partial charge is 0.311 e. The van der Waals surface area contributed by atoms with Crippen LogP contribution in [0.25, 0.3) is 17.1 Å². The minimum Gasteiger partial charge on any atom is -0.311 e. The number of rotatable bonds is 5. The molecule has 1 atom stereocenters. The van der Waals surface area contributed by atoms with Crippen LogP contribution in [0, 0.1) is 6.92 Å². The van der Waals surface area contributed by atoms with Gasteiger partial charge in [0.15, 0.2) is 5.65 Å². The molecular weight excluding hydrogens is 272 g/mol. The van der Waals surface area contributed by atoms with Gasteiger partial charge in [-0.05, 0) is 32.9 Å². The summed E-state index contributed by atoms with van der Waals surface area (Å²) in [6, 6.07) is 2.37. The highest BCUT2D eigenvalue weighted by Crippen LogP contribution is 2.23. The van der Waals surface area contributed by atoms with Crippen molar-refractivity contribution in [2.24, 2.45) is 7.05 Å². The Kier molecular flexibility index (Phi) is 4.78. The zero-order valence-corrected chi connectivity index (χ0v) is 13.2. The Balaban J connectivity index is 2.28. The molecule has 0 fully saturated rings. The number of aromatic nitrogens is 3. The molecular formula is C15H21ClN4. The molecule has 0 amide bonds. The number of fused-ring (bicyclic) bond motifs is 1. The lowest BCUT2D eigenvalue weighted by Gasteiger charge is -2.07. The fourth-order valence-corrected chi connectivity index (χ4v) is 2.34. The summed E-state index contributed by atoms with van der Waals surface area (Å²) < 4.78 is 1.76. The molecule has 20 heavy (non-hydrogen) atoms. The van der Waals surface area contributed by atoms with Gasteiger partial charge in [0.1, 0.15) is 5.15 Å². The summed E-state index contributed by atoms with van der Waals surface area (Å²) in [6.07, 6.45) is 5.26. The Bertz CT molecular complexity index is 630. The minimum atomic E-state index is 0.316. The molecule has 1 unspecified atom stereocenters. The van der Waals surface area contributed by atoms with Gasteiger partial charge in [-0.1, -0.05) is 30.7 Å². The topological polar surface area (TPSA) is 42.7 Å². The van der Waals surface area contributed by atoms with E-state index < -0.39 is 0 Å². The van der Waals surface area contributed by atoms with Crippen molar-refractivity contribution in [3.63, 3.8) is 0 Å². The lowest BCUT2D eigenvalue weighted by Crippen LogP contribution is -2.24. The fourth-order valence-electron chi connectivity index (χ4n) is 2.14. The van der Waals surface area contributed by atoms with Crippen LogP contribution in [-0.4, -0.2) is 27.4 Å². The predicted octanol–water partition coefficient (Wildman–Crippen LogP) is 3.33. The maximum absolute atomic E-state index is 6.25. The molecule has 0 spiro atoms. The van der Waals surface area contributed by atoms with E-state index >= 15 is 0 Å². The monoisotopic (exact) mass is 292 g/mol.